The van der Waals surface area contributed by atoms with E-state index in [1.165, 1.54) is 17.2 Å². The molecule has 4 aromatic carbocycles. The number of fused-ring (bicyclic) bond motifs is 2. The molecular weight excluding hydrogens is 568 g/mol. The Hall–Kier alpha value is -4.72. The molecular formula is C37H35N2O4S+. The number of rotatable bonds is 7. The first-order chi connectivity index (χ1) is 21.2. The molecule has 6 rings (SSSR count). The number of anilines is 2. The quantitative estimate of drug-likeness (QED) is 0.113. The lowest BCUT2D eigenvalue weighted by atomic mass is 9.93. The summed E-state index contributed by atoms with van der Waals surface area (Å²) in [4.78, 5) is 1.99. The molecule has 44 heavy (non-hydrogen) atoms. The standard InChI is InChI=1S/C37H34N2O4S/c1-5-25-13-7-10-16-32(25)38(3)27-19-21-29-34(23-27)43-35-24-28(39(4)33-17-11-8-14-26(33)6-2)20-22-30(35)37(29)31-15-9-12-18-36(31)44(40,41)42/h7-24H,5-6H2,1-4H3/p+1. The molecule has 0 fully saturated rings. The van der Waals surface area contributed by atoms with Crippen molar-refractivity contribution < 1.29 is 17.4 Å². The van der Waals surface area contributed by atoms with Crippen molar-refractivity contribution in [3.63, 3.8) is 0 Å². The molecule has 0 radical (unpaired) electrons. The van der Waals surface area contributed by atoms with Gasteiger partial charge in [0, 0.05) is 64.3 Å². The van der Waals surface area contributed by atoms with Crippen molar-refractivity contribution in [1.82, 2.24) is 4.58 Å². The third-order valence-corrected chi connectivity index (χ3v) is 9.28. The Labute approximate surface area is 258 Å². The van der Waals surface area contributed by atoms with Crippen molar-refractivity contribution in [2.45, 2.75) is 31.6 Å². The lowest BCUT2D eigenvalue weighted by molar-refractivity contribution is 0.483. The van der Waals surface area contributed by atoms with Crippen molar-refractivity contribution in [1.29, 1.82) is 0 Å². The zero-order chi connectivity index (χ0) is 31.0. The molecule has 7 heteroatoms. The molecule has 0 atom stereocenters. The van der Waals surface area contributed by atoms with Gasteiger partial charge in [0.05, 0.1) is 6.07 Å². The van der Waals surface area contributed by atoms with E-state index in [4.69, 9.17) is 4.42 Å². The molecule has 0 bridgehead atoms. The highest BCUT2D eigenvalue weighted by Gasteiger charge is 2.24. The highest BCUT2D eigenvalue weighted by Crippen LogP contribution is 2.43. The van der Waals surface area contributed by atoms with Crippen molar-refractivity contribution in [3.8, 4) is 22.5 Å². The molecule has 222 valence electrons. The van der Waals surface area contributed by atoms with Gasteiger partial charge in [-0.2, -0.15) is 13.0 Å². The van der Waals surface area contributed by atoms with Crippen LogP contribution in [-0.4, -0.2) is 27.1 Å². The van der Waals surface area contributed by atoms with Gasteiger partial charge in [-0.25, -0.2) is 0 Å². The van der Waals surface area contributed by atoms with Gasteiger partial charge in [0.2, 0.25) is 11.0 Å². The minimum atomic E-state index is -4.50. The lowest BCUT2D eigenvalue weighted by Crippen LogP contribution is -2.22. The van der Waals surface area contributed by atoms with E-state index in [9.17, 15) is 13.0 Å². The van der Waals surface area contributed by atoms with E-state index in [0.29, 0.717) is 22.5 Å². The summed E-state index contributed by atoms with van der Waals surface area (Å²) in [6.07, 6.45) is 1.80. The fraction of sp³-hybridized carbons (Fsp3) is 0.162. The smallest absolute Gasteiger partial charge is 0.295 e. The SMILES string of the molecule is CCc1ccccc1N(C)c1ccc2c(-c3ccccc3S(=O)(=O)O)c3ccc(=[N+](C)c4ccccc4CC)cc-3oc2c1. The molecule has 6 nitrogen and oxygen atoms in total. The van der Waals surface area contributed by atoms with Crippen LogP contribution in [0.2, 0.25) is 0 Å². The Morgan fingerprint density at radius 2 is 1.45 bits per heavy atom. The summed E-state index contributed by atoms with van der Waals surface area (Å²) in [6.45, 7) is 4.28. The Morgan fingerprint density at radius 3 is 2.20 bits per heavy atom. The molecule has 2 aliphatic rings. The Bertz CT molecular complexity index is 2170. The lowest BCUT2D eigenvalue weighted by Gasteiger charge is -2.23. The van der Waals surface area contributed by atoms with Crippen LogP contribution in [0.4, 0.5) is 17.1 Å². The second-order valence-corrected chi connectivity index (χ2v) is 12.3. The molecule has 1 N–H and O–H groups in total. The summed E-state index contributed by atoms with van der Waals surface area (Å²) in [7, 11) is -0.434. The van der Waals surface area contributed by atoms with Gasteiger partial charge in [-0.15, -0.1) is 0 Å². The Kier molecular flexibility index (Phi) is 7.84. The zero-order valence-corrected chi connectivity index (χ0v) is 26.1. The first kappa shape index (κ1) is 29.4. The molecule has 4 aromatic rings. The monoisotopic (exact) mass is 603 g/mol. The molecule has 0 saturated carbocycles. The fourth-order valence-electron chi connectivity index (χ4n) is 6.03. The highest BCUT2D eigenvalue weighted by molar-refractivity contribution is 7.86. The van der Waals surface area contributed by atoms with Crippen molar-refractivity contribution >= 4 is 38.1 Å². The molecule has 0 saturated heterocycles. The van der Waals surface area contributed by atoms with E-state index < -0.39 is 10.1 Å². The van der Waals surface area contributed by atoms with Crippen molar-refractivity contribution in [3.05, 3.63) is 126 Å². The second-order valence-electron chi connectivity index (χ2n) is 10.9. The molecule has 0 aromatic heterocycles. The maximum absolute atomic E-state index is 12.5. The van der Waals surface area contributed by atoms with E-state index in [0.717, 1.165) is 46.2 Å². The Morgan fingerprint density at radius 1 is 0.773 bits per heavy atom. The molecule has 1 heterocycles. The van der Waals surface area contributed by atoms with Crippen LogP contribution in [0, 0.1) is 0 Å². The average molecular weight is 604 g/mol. The first-order valence-corrected chi connectivity index (χ1v) is 16.2. The Balaban J connectivity index is 1.66. The van der Waals surface area contributed by atoms with E-state index in [1.54, 1.807) is 18.2 Å². The van der Waals surface area contributed by atoms with Crippen LogP contribution in [0.15, 0.2) is 119 Å². The number of hydrogen-bond acceptors (Lipinski definition) is 4. The van der Waals surface area contributed by atoms with Gasteiger partial charge in [0.25, 0.3) is 10.1 Å². The van der Waals surface area contributed by atoms with Crippen LogP contribution in [0.3, 0.4) is 0 Å². The second kappa shape index (κ2) is 11.8. The molecule has 1 aliphatic carbocycles. The minimum Gasteiger partial charge on any atom is -0.456 e. The van der Waals surface area contributed by atoms with Gasteiger partial charge >= 0.3 is 0 Å². The van der Waals surface area contributed by atoms with Crippen LogP contribution < -0.4 is 14.8 Å². The zero-order valence-electron chi connectivity index (χ0n) is 25.3. The molecule has 0 unspecified atom stereocenters. The van der Waals surface area contributed by atoms with Gasteiger partial charge in [0.1, 0.15) is 23.3 Å². The highest BCUT2D eigenvalue weighted by atomic mass is 32.2. The van der Waals surface area contributed by atoms with Crippen LogP contribution in [0.1, 0.15) is 25.0 Å². The minimum absolute atomic E-state index is 0.148. The van der Waals surface area contributed by atoms with Crippen LogP contribution >= 0.6 is 0 Å². The number of para-hydroxylation sites is 2. The summed E-state index contributed by atoms with van der Waals surface area (Å²) in [5.74, 6) is 0.602. The van der Waals surface area contributed by atoms with E-state index in [2.05, 4.69) is 47.6 Å². The maximum atomic E-state index is 12.5. The van der Waals surface area contributed by atoms with Gasteiger partial charge in [0.15, 0.2) is 0 Å². The van der Waals surface area contributed by atoms with Gasteiger partial charge in [-0.1, -0.05) is 68.4 Å². The van der Waals surface area contributed by atoms with Gasteiger partial charge < -0.3 is 9.32 Å². The summed E-state index contributed by atoms with van der Waals surface area (Å²) >= 11 is 0. The summed E-state index contributed by atoms with van der Waals surface area (Å²) in [5.41, 5.74) is 8.03. The normalized spacial score (nSPS) is 12.5. The third-order valence-electron chi connectivity index (χ3n) is 8.37. The van der Waals surface area contributed by atoms with Crippen LogP contribution in [0.25, 0.3) is 33.4 Å². The molecule has 1 aliphatic heterocycles. The van der Waals surface area contributed by atoms with E-state index >= 15 is 0 Å². The summed E-state index contributed by atoms with van der Waals surface area (Å²) in [6, 6.07) is 35.1. The van der Waals surface area contributed by atoms with Gasteiger partial charge in [-0.3, -0.25) is 4.55 Å². The number of nitrogens with zero attached hydrogens (tertiary/aromatic N) is 2. The van der Waals surface area contributed by atoms with Crippen LogP contribution in [0.5, 0.6) is 0 Å². The average Bonchev–Trinajstić information content (AvgIpc) is 3.05. The van der Waals surface area contributed by atoms with Crippen molar-refractivity contribution in [2.75, 3.05) is 19.0 Å². The molecule has 0 amide bonds. The number of benzene rings is 5. The van der Waals surface area contributed by atoms with Gasteiger partial charge in [-0.05, 0) is 48.7 Å². The molecule has 0 spiro atoms. The summed E-state index contributed by atoms with van der Waals surface area (Å²) < 4.78 is 44.0. The number of hydrogen-bond donors (Lipinski definition) is 1. The largest absolute Gasteiger partial charge is 0.456 e. The fourth-order valence-corrected chi connectivity index (χ4v) is 6.72. The maximum Gasteiger partial charge on any atom is 0.295 e. The predicted octanol–water partition coefficient (Wildman–Crippen LogP) is 8.08. The van der Waals surface area contributed by atoms with E-state index in [1.807, 2.05) is 74.8 Å². The topological polar surface area (TPSA) is 73.8 Å². The summed E-state index contributed by atoms with van der Waals surface area (Å²) in [5, 5.41) is 1.67. The van der Waals surface area contributed by atoms with E-state index in [-0.39, 0.29) is 4.90 Å². The number of aryl methyl sites for hydroxylation is 2. The first-order valence-electron chi connectivity index (χ1n) is 14.7. The van der Waals surface area contributed by atoms with Crippen LogP contribution in [-0.2, 0) is 23.0 Å². The van der Waals surface area contributed by atoms with Crippen molar-refractivity contribution in [2.24, 2.45) is 0 Å². The predicted molar refractivity (Wildman–Crippen MR) is 179 cm³/mol. The third kappa shape index (κ3) is 5.29.